The summed E-state index contributed by atoms with van der Waals surface area (Å²) < 4.78 is 0. The first-order chi connectivity index (χ1) is 6.45. The molecule has 2 radical (unpaired) electrons. The molecule has 3 rings (SSSR count). The van der Waals surface area contributed by atoms with Crippen LogP contribution in [0.4, 0.5) is 0 Å². The van der Waals surface area contributed by atoms with Crippen molar-refractivity contribution in [1.82, 2.24) is 4.98 Å². The predicted octanol–water partition coefficient (Wildman–Crippen LogP) is 2.74. The molecule has 1 nitrogen and oxygen atoms in total. The summed E-state index contributed by atoms with van der Waals surface area (Å²) in [5.41, 5.74) is 4.15. The zero-order valence-corrected chi connectivity index (χ0v) is 7.43. The minimum atomic E-state index is 1.01. The van der Waals surface area contributed by atoms with Gasteiger partial charge < -0.3 is 4.98 Å². The summed E-state index contributed by atoms with van der Waals surface area (Å²) >= 11 is 0. The van der Waals surface area contributed by atoms with Crippen molar-refractivity contribution in [3.05, 3.63) is 41.9 Å². The van der Waals surface area contributed by atoms with Crippen molar-refractivity contribution in [1.29, 1.82) is 0 Å². The maximum atomic E-state index is 3.48. The molecule has 13 heavy (non-hydrogen) atoms. The number of para-hydroxylation sites is 1. The Morgan fingerprint density at radius 3 is 3.15 bits per heavy atom. The molecule has 1 aliphatic rings. The van der Waals surface area contributed by atoms with Crippen LogP contribution in [0.1, 0.15) is 17.7 Å². The number of aromatic nitrogens is 1. The standard InChI is InChI=1S/C12H11N/c1-3-7-11-9(5-1)10-6-2-4-8-12(10)13-11/h1,3,5,7,13H,4,6,8H2. The molecule has 0 amide bonds. The normalized spacial score (nSPS) is 16.0. The smallest absolute Gasteiger partial charge is 0.0458 e. The molecule has 0 unspecified atom stereocenters. The van der Waals surface area contributed by atoms with Gasteiger partial charge in [-0.25, -0.2) is 0 Å². The minimum absolute atomic E-state index is 1.01. The summed E-state index contributed by atoms with van der Waals surface area (Å²) in [6, 6.07) is 8.52. The number of aromatic amines is 1. The van der Waals surface area contributed by atoms with E-state index in [4.69, 9.17) is 0 Å². The molecule has 0 saturated heterocycles. The van der Waals surface area contributed by atoms with E-state index in [2.05, 4.69) is 35.7 Å². The van der Waals surface area contributed by atoms with Crippen LogP contribution in [0.25, 0.3) is 10.9 Å². The number of aryl methyl sites for hydroxylation is 1. The molecule has 0 fully saturated rings. The average Bonchev–Trinajstić information content (AvgIpc) is 2.56. The molecule has 0 aliphatic heterocycles. The zero-order valence-electron chi connectivity index (χ0n) is 7.43. The molecule has 1 aromatic heterocycles. The molecule has 1 N–H and O–H groups in total. The van der Waals surface area contributed by atoms with E-state index in [1.54, 1.807) is 0 Å². The van der Waals surface area contributed by atoms with Gasteiger partial charge in [-0.2, -0.15) is 0 Å². The highest BCUT2D eigenvalue weighted by Gasteiger charge is 2.14. The Labute approximate surface area is 77.8 Å². The highest BCUT2D eigenvalue weighted by atomic mass is 14.7. The van der Waals surface area contributed by atoms with E-state index in [0.717, 1.165) is 19.3 Å². The van der Waals surface area contributed by atoms with Crippen LogP contribution in [0.3, 0.4) is 0 Å². The van der Waals surface area contributed by atoms with E-state index >= 15 is 0 Å². The van der Waals surface area contributed by atoms with Gasteiger partial charge in [0.2, 0.25) is 0 Å². The van der Waals surface area contributed by atoms with Crippen LogP contribution in [0.2, 0.25) is 0 Å². The lowest BCUT2D eigenvalue weighted by Crippen LogP contribution is -2.00. The van der Waals surface area contributed by atoms with Gasteiger partial charge >= 0.3 is 0 Å². The van der Waals surface area contributed by atoms with Gasteiger partial charge in [-0.1, -0.05) is 18.2 Å². The number of fused-ring (bicyclic) bond motifs is 3. The van der Waals surface area contributed by atoms with E-state index in [9.17, 15) is 0 Å². The van der Waals surface area contributed by atoms with E-state index in [1.807, 2.05) is 0 Å². The number of hydrogen-bond acceptors (Lipinski definition) is 0. The van der Waals surface area contributed by atoms with E-state index in [0.29, 0.717) is 0 Å². The van der Waals surface area contributed by atoms with Crippen LogP contribution in [0.15, 0.2) is 24.3 Å². The molecular formula is C12H11N. The zero-order chi connectivity index (χ0) is 8.67. The average molecular weight is 169 g/mol. The van der Waals surface area contributed by atoms with Gasteiger partial charge in [0.25, 0.3) is 0 Å². The van der Waals surface area contributed by atoms with Crippen LogP contribution in [0, 0.1) is 6.42 Å². The summed E-state index contributed by atoms with van der Waals surface area (Å²) in [6.45, 7) is 0. The summed E-state index contributed by atoms with van der Waals surface area (Å²) in [5, 5.41) is 1.38. The number of nitrogens with one attached hydrogen (secondary N) is 1. The van der Waals surface area contributed by atoms with Crippen LogP contribution in [-0.4, -0.2) is 4.98 Å². The lowest BCUT2D eigenvalue weighted by molar-refractivity contribution is 0.816. The van der Waals surface area contributed by atoms with Crippen LogP contribution in [-0.2, 0) is 12.8 Å². The van der Waals surface area contributed by atoms with Gasteiger partial charge in [0.05, 0.1) is 0 Å². The third-order valence-electron chi connectivity index (χ3n) is 2.76. The van der Waals surface area contributed by atoms with Crippen molar-refractivity contribution in [3.63, 3.8) is 0 Å². The van der Waals surface area contributed by atoms with Gasteiger partial charge in [0, 0.05) is 16.6 Å². The SMILES string of the molecule is [C]1CCc2[nH]c3ccccc3c2C1. The fraction of sp³-hybridized carbons (Fsp3) is 0.250. The second kappa shape index (κ2) is 2.63. The summed E-state index contributed by atoms with van der Waals surface area (Å²) in [6.07, 6.45) is 6.64. The molecule has 1 heteroatoms. The maximum Gasteiger partial charge on any atom is 0.0458 e. The van der Waals surface area contributed by atoms with Crippen LogP contribution in [0.5, 0.6) is 0 Å². The lowest BCUT2D eigenvalue weighted by atomic mass is 9.96. The van der Waals surface area contributed by atoms with Gasteiger partial charge in [-0.05, 0) is 37.3 Å². The first kappa shape index (κ1) is 7.19. The van der Waals surface area contributed by atoms with E-state index < -0.39 is 0 Å². The molecule has 1 heterocycles. The summed E-state index contributed by atoms with van der Waals surface area (Å²) in [5.74, 6) is 0. The Bertz CT molecular complexity index is 439. The van der Waals surface area contributed by atoms with Crippen molar-refractivity contribution in [2.75, 3.05) is 0 Å². The highest BCUT2D eigenvalue weighted by molar-refractivity contribution is 5.85. The van der Waals surface area contributed by atoms with E-state index in [1.165, 1.54) is 22.2 Å². The Hall–Kier alpha value is -1.24. The monoisotopic (exact) mass is 169 g/mol. The maximum absolute atomic E-state index is 3.48. The number of rotatable bonds is 0. The number of H-pyrrole nitrogens is 1. The molecule has 1 aliphatic carbocycles. The molecule has 2 aromatic rings. The Kier molecular flexibility index (Phi) is 1.45. The molecule has 0 spiro atoms. The topological polar surface area (TPSA) is 15.8 Å². The van der Waals surface area contributed by atoms with Crippen molar-refractivity contribution >= 4 is 10.9 Å². The minimum Gasteiger partial charge on any atom is -0.358 e. The summed E-state index contributed by atoms with van der Waals surface area (Å²) in [4.78, 5) is 3.48. The number of benzene rings is 1. The van der Waals surface area contributed by atoms with Gasteiger partial charge in [-0.3, -0.25) is 0 Å². The van der Waals surface area contributed by atoms with Crippen molar-refractivity contribution < 1.29 is 0 Å². The first-order valence-electron chi connectivity index (χ1n) is 4.74. The molecule has 1 aromatic carbocycles. The van der Waals surface area contributed by atoms with Crippen molar-refractivity contribution in [2.24, 2.45) is 0 Å². The van der Waals surface area contributed by atoms with E-state index in [-0.39, 0.29) is 0 Å². The quantitative estimate of drug-likeness (QED) is 0.624. The highest BCUT2D eigenvalue weighted by Crippen LogP contribution is 2.27. The van der Waals surface area contributed by atoms with Gasteiger partial charge in [0.1, 0.15) is 0 Å². The second-order valence-corrected chi connectivity index (χ2v) is 3.55. The largest absolute Gasteiger partial charge is 0.358 e. The van der Waals surface area contributed by atoms with Gasteiger partial charge in [0.15, 0.2) is 0 Å². The third kappa shape index (κ3) is 0.998. The van der Waals surface area contributed by atoms with Crippen molar-refractivity contribution in [2.45, 2.75) is 19.3 Å². The lowest BCUT2D eigenvalue weighted by Gasteiger charge is -2.09. The Balaban J connectivity index is 2.34. The fourth-order valence-electron chi connectivity index (χ4n) is 2.10. The molecule has 0 bridgehead atoms. The molecule has 0 atom stereocenters. The molecule has 0 saturated carbocycles. The fourth-order valence-corrected chi connectivity index (χ4v) is 2.10. The van der Waals surface area contributed by atoms with Crippen LogP contribution >= 0.6 is 0 Å². The third-order valence-corrected chi connectivity index (χ3v) is 2.76. The van der Waals surface area contributed by atoms with Crippen LogP contribution < -0.4 is 0 Å². The Morgan fingerprint density at radius 1 is 1.23 bits per heavy atom. The molecule has 64 valence electrons. The van der Waals surface area contributed by atoms with Gasteiger partial charge in [-0.15, -0.1) is 0 Å². The summed E-state index contributed by atoms with van der Waals surface area (Å²) in [7, 11) is 0. The predicted molar refractivity (Wildman–Crippen MR) is 53.6 cm³/mol. The first-order valence-corrected chi connectivity index (χ1v) is 4.74. The van der Waals surface area contributed by atoms with Crippen molar-refractivity contribution in [3.8, 4) is 0 Å². The molecular weight excluding hydrogens is 158 g/mol. The number of hydrogen-bond donors (Lipinski definition) is 1. The Morgan fingerprint density at radius 2 is 2.15 bits per heavy atom. The second-order valence-electron chi connectivity index (χ2n) is 3.55.